The molecule has 1 rings (SSSR count). The molecule has 0 aliphatic rings. The molecule has 0 spiro atoms. The Morgan fingerprint density at radius 1 is 1.27 bits per heavy atom. The first-order valence-electron chi connectivity index (χ1n) is 5.81. The molecule has 0 saturated carbocycles. The van der Waals surface area contributed by atoms with Crippen molar-refractivity contribution < 1.29 is 0 Å². The van der Waals surface area contributed by atoms with Gasteiger partial charge in [-0.15, -0.1) is 0 Å². The monoisotopic (exact) mass is 206 g/mol. The van der Waals surface area contributed by atoms with Gasteiger partial charge in [0.2, 0.25) is 0 Å². The molecule has 0 fully saturated rings. The quantitative estimate of drug-likeness (QED) is 0.774. The van der Waals surface area contributed by atoms with E-state index in [9.17, 15) is 0 Å². The highest BCUT2D eigenvalue weighted by Gasteiger charge is 2.03. The lowest BCUT2D eigenvalue weighted by Crippen LogP contribution is -2.28. The molecule has 1 unspecified atom stereocenters. The molecule has 0 amide bonds. The van der Waals surface area contributed by atoms with Gasteiger partial charge in [0.1, 0.15) is 0 Å². The molecular formula is C13H22N2. The Balaban J connectivity index is 2.19. The van der Waals surface area contributed by atoms with E-state index in [4.69, 9.17) is 0 Å². The molecule has 0 aliphatic heterocycles. The van der Waals surface area contributed by atoms with Gasteiger partial charge in [-0.25, -0.2) is 0 Å². The van der Waals surface area contributed by atoms with Crippen LogP contribution in [0.2, 0.25) is 0 Å². The second-order valence-electron chi connectivity index (χ2n) is 4.53. The standard InChI is InChI=1S/C13H22N2/c1-11(2)15-10-12(3)7-8-13-6-4-5-9-14-13/h4-6,9,11-12,15H,7-8,10H2,1-3H3. The molecule has 0 radical (unpaired) electrons. The molecule has 0 aromatic carbocycles. The topological polar surface area (TPSA) is 24.9 Å². The molecule has 0 saturated heterocycles. The summed E-state index contributed by atoms with van der Waals surface area (Å²) in [4.78, 5) is 4.33. The van der Waals surface area contributed by atoms with Gasteiger partial charge in [-0.2, -0.15) is 0 Å². The number of aromatic nitrogens is 1. The zero-order valence-corrected chi connectivity index (χ0v) is 10.0. The molecule has 84 valence electrons. The molecule has 1 atom stereocenters. The molecule has 0 bridgehead atoms. The van der Waals surface area contributed by atoms with Gasteiger partial charge in [-0.05, 0) is 37.4 Å². The average molecular weight is 206 g/mol. The van der Waals surface area contributed by atoms with E-state index in [0.29, 0.717) is 6.04 Å². The van der Waals surface area contributed by atoms with Gasteiger partial charge in [-0.3, -0.25) is 4.98 Å². The van der Waals surface area contributed by atoms with Crippen molar-refractivity contribution in [2.24, 2.45) is 5.92 Å². The molecule has 15 heavy (non-hydrogen) atoms. The highest BCUT2D eigenvalue weighted by atomic mass is 14.9. The van der Waals surface area contributed by atoms with Crippen molar-refractivity contribution in [1.29, 1.82) is 0 Å². The predicted molar refractivity (Wildman–Crippen MR) is 64.9 cm³/mol. The van der Waals surface area contributed by atoms with Crippen molar-refractivity contribution in [3.05, 3.63) is 30.1 Å². The highest BCUT2D eigenvalue weighted by Crippen LogP contribution is 2.06. The molecule has 1 aromatic heterocycles. The third-order valence-electron chi connectivity index (χ3n) is 2.49. The Bertz CT molecular complexity index is 256. The molecule has 0 aliphatic carbocycles. The zero-order chi connectivity index (χ0) is 11.1. The van der Waals surface area contributed by atoms with Crippen molar-refractivity contribution in [1.82, 2.24) is 10.3 Å². The zero-order valence-electron chi connectivity index (χ0n) is 10.0. The molecule has 1 heterocycles. The molecule has 2 nitrogen and oxygen atoms in total. The lowest BCUT2D eigenvalue weighted by atomic mass is 10.0. The van der Waals surface area contributed by atoms with Crippen molar-refractivity contribution in [2.45, 2.75) is 39.7 Å². The summed E-state index contributed by atoms with van der Waals surface area (Å²) in [7, 11) is 0. The average Bonchev–Trinajstić information content (AvgIpc) is 2.25. The summed E-state index contributed by atoms with van der Waals surface area (Å²) in [6, 6.07) is 6.71. The van der Waals surface area contributed by atoms with E-state index >= 15 is 0 Å². The summed E-state index contributed by atoms with van der Waals surface area (Å²) < 4.78 is 0. The first-order chi connectivity index (χ1) is 7.18. The third kappa shape index (κ3) is 5.53. The van der Waals surface area contributed by atoms with Crippen LogP contribution in [0, 0.1) is 5.92 Å². The van der Waals surface area contributed by atoms with Gasteiger partial charge in [0, 0.05) is 17.9 Å². The maximum absolute atomic E-state index is 4.33. The summed E-state index contributed by atoms with van der Waals surface area (Å²) in [5.74, 6) is 0.717. The number of pyridine rings is 1. The number of aryl methyl sites for hydroxylation is 1. The van der Waals surface area contributed by atoms with Crippen LogP contribution < -0.4 is 5.32 Å². The van der Waals surface area contributed by atoms with Crippen LogP contribution in [-0.2, 0) is 6.42 Å². The minimum absolute atomic E-state index is 0.585. The molecule has 2 heteroatoms. The fourth-order valence-electron chi connectivity index (χ4n) is 1.48. The van der Waals surface area contributed by atoms with Crippen LogP contribution in [0.25, 0.3) is 0 Å². The minimum atomic E-state index is 0.585. The fraction of sp³-hybridized carbons (Fsp3) is 0.615. The normalized spacial score (nSPS) is 13.1. The number of nitrogens with one attached hydrogen (secondary N) is 1. The predicted octanol–water partition coefficient (Wildman–Crippen LogP) is 2.65. The van der Waals surface area contributed by atoms with E-state index in [0.717, 1.165) is 18.9 Å². The summed E-state index contributed by atoms with van der Waals surface area (Å²) in [6.07, 6.45) is 4.16. The molecule has 1 N–H and O–H groups in total. The lowest BCUT2D eigenvalue weighted by molar-refractivity contribution is 0.452. The smallest absolute Gasteiger partial charge is 0.0403 e. The number of hydrogen-bond donors (Lipinski definition) is 1. The second-order valence-corrected chi connectivity index (χ2v) is 4.53. The fourth-order valence-corrected chi connectivity index (χ4v) is 1.48. The number of rotatable bonds is 6. The van der Waals surface area contributed by atoms with Gasteiger partial charge in [-0.1, -0.05) is 26.8 Å². The van der Waals surface area contributed by atoms with Crippen LogP contribution in [0.15, 0.2) is 24.4 Å². The summed E-state index contributed by atoms with van der Waals surface area (Å²) in [5, 5.41) is 3.46. The Morgan fingerprint density at radius 2 is 2.07 bits per heavy atom. The van der Waals surface area contributed by atoms with E-state index in [2.05, 4.69) is 43.2 Å². The largest absolute Gasteiger partial charge is 0.314 e. The maximum Gasteiger partial charge on any atom is 0.0403 e. The first-order valence-corrected chi connectivity index (χ1v) is 5.81. The highest BCUT2D eigenvalue weighted by molar-refractivity contribution is 5.03. The Kier molecular flexibility index (Phi) is 5.33. The SMILES string of the molecule is CC(CCc1ccccn1)CNC(C)C. The lowest BCUT2D eigenvalue weighted by Gasteiger charge is -2.14. The van der Waals surface area contributed by atoms with Gasteiger partial charge in [0.05, 0.1) is 0 Å². The first kappa shape index (κ1) is 12.2. The molecule has 1 aromatic rings. The van der Waals surface area contributed by atoms with Crippen molar-refractivity contribution in [3.63, 3.8) is 0 Å². The third-order valence-corrected chi connectivity index (χ3v) is 2.49. The Labute approximate surface area is 93.1 Å². The van der Waals surface area contributed by atoms with E-state index in [1.54, 1.807) is 0 Å². The minimum Gasteiger partial charge on any atom is -0.314 e. The Morgan fingerprint density at radius 3 is 2.67 bits per heavy atom. The van der Waals surface area contributed by atoms with Crippen LogP contribution >= 0.6 is 0 Å². The van der Waals surface area contributed by atoms with Gasteiger partial charge >= 0.3 is 0 Å². The van der Waals surface area contributed by atoms with Crippen LogP contribution in [0.5, 0.6) is 0 Å². The molecular weight excluding hydrogens is 184 g/mol. The van der Waals surface area contributed by atoms with E-state index < -0.39 is 0 Å². The van der Waals surface area contributed by atoms with Crippen molar-refractivity contribution in [2.75, 3.05) is 6.54 Å². The van der Waals surface area contributed by atoms with E-state index in [-0.39, 0.29) is 0 Å². The summed E-state index contributed by atoms with van der Waals surface area (Å²) >= 11 is 0. The maximum atomic E-state index is 4.33. The number of hydrogen-bond acceptors (Lipinski definition) is 2. The van der Waals surface area contributed by atoms with Crippen molar-refractivity contribution in [3.8, 4) is 0 Å². The summed E-state index contributed by atoms with van der Waals surface area (Å²) in [6.45, 7) is 7.76. The Hall–Kier alpha value is -0.890. The number of nitrogens with zero attached hydrogens (tertiary/aromatic N) is 1. The van der Waals surface area contributed by atoms with Gasteiger partial charge in [0.15, 0.2) is 0 Å². The van der Waals surface area contributed by atoms with Crippen LogP contribution in [0.3, 0.4) is 0 Å². The van der Waals surface area contributed by atoms with E-state index in [1.165, 1.54) is 12.1 Å². The van der Waals surface area contributed by atoms with Crippen LogP contribution in [0.1, 0.15) is 32.9 Å². The van der Waals surface area contributed by atoms with Crippen LogP contribution in [-0.4, -0.2) is 17.6 Å². The summed E-state index contributed by atoms with van der Waals surface area (Å²) in [5.41, 5.74) is 1.20. The van der Waals surface area contributed by atoms with Gasteiger partial charge < -0.3 is 5.32 Å². The second kappa shape index (κ2) is 6.57. The van der Waals surface area contributed by atoms with Crippen LogP contribution in [0.4, 0.5) is 0 Å². The van der Waals surface area contributed by atoms with Crippen molar-refractivity contribution >= 4 is 0 Å². The van der Waals surface area contributed by atoms with Gasteiger partial charge in [0.25, 0.3) is 0 Å². The van der Waals surface area contributed by atoms with E-state index in [1.807, 2.05) is 12.3 Å².